The highest BCUT2D eigenvalue weighted by Gasteiger charge is 2.14. The molecule has 3 aromatic rings. The summed E-state index contributed by atoms with van der Waals surface area (Å²) >= 11 is 1.44. The van der Waals surface area contributed by atoms with Crippen molar-refractivity contribution in [2.24, 2.45) is 0 Å². The molecule has 2 aromatic carbocycles. The number of nitrogens with one attached hydrogen (secondary N) is 1. The SMILES string of the molecule is COc1ccc(CC(=O)Nc2nc(-c3ccc(C(C)(C)C)cc3)cs2)cc1. The Hall–Kier alpha value is -2.66. The van der Waals surface area contributed by atoms with Crippen LogP contribution in [0.4, 0.5) is 5.13 Å². The Balaban J connectivity index is 1.64. The second-order valence-electron chi connectivity index (χ2n) is 7.44. The van der Waals surface area contributed by atoms with E-state index < -0.39 is 0 Å². The number of ether oxygens (including phenoxy) is 1. The van der Waals surface area contributed by atoms with Crippen molar-refractivity contribution in [3.05, 3.63) is 65.0 Å². The number of benzene rings is 2. The highest BCUT2D eigenvalue weighted by molar-refractivity contribution is 7.14. The van der Waals surface area contributed by atoms with Crippen molar-refractivity contribution in [3.63, 3.8) is 0 Å². The van der Waals surface area contributed by atoms with Crippen LogP contribution in [-0.2, 0) is 16.6 Å². The second kappa shape index (κ2) is 7.92. The van der Waals surface area contributed by atoms with Gasteiger partial charge in [-0.15, -0.1) is 11.3 Å². The van der Waals surface area contributed by atoms with Gasteiger partial charge in [0.05, 0.1) is 19.2 Å². The minimum atomic E-state index is -0.0795. The van der Waals surface area contributed by atoms with E-state index in [0.717, 1.165) is 22.6 Å². The zero-order chi connectivity index (χ0) is 19.4. The van der Waals surface area contributed by atoms with Crippen LogP contribution in [0.5, 0.6) is 5.75 Å². The summed E-state index contributed by atoms with van der Waals surface area (Å²) in [7, 11) is 1.62. The average molecular weight is 381 g/mol. The van der Waals surface area contributed by atoms with Crippen LogP contribution in [0.15, 0.2) is 53.9 Å². The molecule has 0 aliphatic heterocycles. The van der Waals surface area contributed by atoms with Crippen molar-refractivity contribution < 1.29 is 9.53 Å². The molecule has 0 radical (unpaired) electrons. The number of nitrogens with zero attached hydrogens (tertiary/aromatic N) is 1. The first kappa shape index (κ1) is 19.1. The van der Waals surface area contributed by atoms with Gasteiger partial charge in [0, 0.05) is 10.9 Å². The van der Waals surface area contributed by atoms with E-state index in [0.29, 0.717) is 11.6 Å². The quantitative estimate of drug-likeness (QED) is 0.654. The number of hydrogen-bond donors (Lipinski definition) is 1. The Labute approximate surface area is 164 Å². The number of anilines is 1. The Morgan fingerprint density at radius 1 is 1.07 bits per heavy atom. The molecule has 0 aliphatic rings. The third kappa shape index (κ3) is 4.95. The first-order chi connectivity index (χ1) is 12.8. The van der Waals surface area contributed by atoms with Gasteiger partial charge in [0.25, 0.3) is 0 Å². The topological polar surface area (TPSA) is 51.2 Å². The van der Waals surface area contributed by atoms with Gasteiger partial charge in [0.1, 0.15) is 5.75 Å². The van der Waals surface area contributed by atoms with E-state index in [1.165, 1.54) is 16.9 Å². The zero-order valence-corrected chi connectivity index (χ0v) is 16.9. The van der Waals surface area contributed by atoms with Crippen LogP contribution in [0.25, 0.3) is 11.3 Å². The van der Waals surface area contributed by atoms with Gasteiger partial charge in [0.2, 0.25) is 5.91 Å². The molecule has 0 fully saturated rings. The molecule has 1 amide bonds. The van der Waals surface area contributed by atoms with Gasteiger partial charge in [-0.25, -0.2) is 4.98 Å². The number of carbonyl (C=O) groups excluding carboxylic acids is 1. The molecule has 0 saturated carbocycles. The fourth-order valence-electron chi connectivity index (χ4n) is 2.70. The summed E-state index contributed by atoms with van der Waals surface area (Å²) in [6.45, 7) is 6.59. The maximum absolute atomic E-state index is 12.3. The lowest BCUT2D eigenvalue weighted by Gasteiger charge is -2.18. The molecule has 0 spiro atoms. The Morgan fingerprint density at radius 3 is 2.33 bits per heavy atom. The van der Waals surface area contributed by atoms with E-state index in [4.69, 9.17) is 4.74 Å². The van der Waals surface area contributed by atoms with E-state index in [1.807, 2.05) is 29.6 Å². The minimum absolute atomic E-state index is 0.0795. The van der Waals surface area contributed by atoms with Crippen molar-refractivity contribution in [3.8, 4) is 17.0 Å². The minimum Gasteiger partial charge on any atom is -0.497 e. The first-order valence-corrected chi connectivity index (χ1v) is 9.72. The molecule has 0 atom stereocenters. The van der Waals surface area contributed by atoms with Gasteiger partial charge in [0.15, 0.2) is 5.13 Å². The third-order valence-electron chi connectivity index (χ3n) is 4.32. The fourth-order valence-corrected chi connectivity index (χ4v) is 3.43. The van der Waals surface area contributed by atoms with Crippen LogP contribution in [0.3, 0.4) is 0 Å². The fraction of sp³-hybridized carbons (Fsp3) is 0.273. The third-order valence-corrected chi connectivity index (χ3v) is 5.08. The van der Waals surface area contributed by atoms with Gasteiger partial charge in [-0.2, -0.15) is 0 Å². The van der Waals surface area contributed by atoms with E-state index in [1.54, 1.807) is 7.11 Å². The Kier molecular flexibility index (Phi) is 5.61. The molecular weight excluding hydrogens is 356 g/mol. The summed E-state index contributed by atoms with van der Waals surface area (Å²) in [5.74, 6) is 0.699. The smallest absolute Gasteiger partial charge is 0.230 e. The van der Waals surface area contributed by atoms with Crippen LogP contribution in [-0.4, -0.2) is 18.0 Å². The van der Waals surface area contributed by atoms with Crippen molar-refractivity contribution in [1.82, 2.24) is 4.98 Å². The van der Waals surface area contributed by atoms with Crippen LogP contribution in [0.2, 0.25) is 0 Å². The lowest BCUT2D eigenvalue weighted by molar-refractivity contribution is -0.115. The summed E-state index contributed by atoms with van der Waals surface area (Å²) < 4.78 is 5.13. The van der Waals surface area contributed by atoms with Gasteiger partial charge in [-0.1, -0.05) is 57.2 Å². The van der Waals surface area contributed by atoms with Crippen molar-refractivity contribution >= 4 is 22.4 Å². The van der Waals surface area contributed by atoms with Crippen molar-refractivity contribution in [2.45, 2.75) is 32.6 Å². The van der Waals surface area contributed by atoms with E-state index >= 15 is 0 Å². The number of hydrogen-bond acceptors (Lipinski definition) is 4. The molecule has 0 saturated heterocycles. The summed E-state index contributed by atoms with van der Waals surface area (Å²) in [6, 6.07) is 15.9. The number of methoxy groups -OCH3 is 1. The second-order valence-corrected chi connectivity index (χ2v) is 8.30. The molecule has 0 aliphatic carbocycles. The van der Waals surface area contributed by atoms with Crippen molar-refractivity contribution in [1.29, 1.82) is 0 Å². The number of aromatic nitrogens is 1. The number of rotatable bonds is 5. The maximum atomic E-state index is 12.3. The Bertz CT molecular complexity index is 907. The molecule has 0 bridgehead atoms. The van der Waals surface area contributed by atoms with Gasteiger partial charge in [-0.3, -0.25) is 4.79 Å². The van der Waals surface area contributed by atoms with Crippen LogP contribution in [0.1, 0.15) is 31.9 Å². The van der Waals surface area contributed by atoms with Crippen LogP contribution >= 0.6 is 11.3 Å². The van der Waals surface area contributed by atoms with Gasteiger partial charge < -0.3 is 10.1 Å². The standard InChI is InChI=1S/C22H24N2O2S/c1-22(2,3)17-9-7-16(8-10-17)19-14-27-21(23-19)24-20(25)13-15-5-11-18(26-4)12-6-15/h5-12,14H,13H2,1-4H3,(H,23,24,25). The highest BCUT2D eigenvalue weighted by Crippen LogP contribution is 2.28. The molecule has 5 heteroatoms. The monoisotopic (exact) mass is 380 g/mol. The summed E-state index contributed by atoms with van der Waals surface area (Å²) in [4.78, 5) is 16.8. The van der Waals surface area contributed by atoms with Gasteiger partial charge in [-0.05, 0) is 28.7 Å². The number of thiazole rings is 1. The summed E-state index contributed by atoms with van der Waals surface area (Å²) in [6.07, 6.45) is 0.305. The summed E-state index contributed by atoms with van der Waals surface area (Å²) in [5.41, 5.74) is 4.27. The predicted molar refractivity (Wildman–Crippen MR) is 112 cm³/mol. The highest BCUT2D eigenvalue weighted by atomic mass is 32.1. The molecule has 0 unspecified atom stereocenters. The molecule has 3 rings (SSSR count). The molecule has 27 heavy (non-hydrogen) atoms. The molecule has 1 heterocycles. The lowest BCUT2D eigenvalue weighted by Crippen LogP contribution is -2.14. The van der Waals surface area contributed by atoms with Crippen LogP contribution in [0, 0.1) is 0 Å². The maximum Gasteiger partial charge on any atom is 0.230 e. The molecular formula is C22H24N2O2S. The molecule has 140 valence electrons. The average Bonchev–Trinajstić information content (AvgIpc) is 3.10. The van der Waals surface area contributed by atoms with E-state index in [-0.39, 0.29) is 11.3 Å². The normalized spacial score (nSPS) is 11.3. The first-order valence-electron chi connectivity index (χ1n) is 8.84. The van der Waals surface area contributed by atoms with Crippen LogP contribution < -0.4 is 10.1 Å². The largest absolute Gasteiger partial charge is 0.497 e. The molecule has 4 nitrogen and oxygen atoms in total. The van der Waals surface area contributed by atoms with Gasteiger partial charge >= 0.3 is 0 Å². The lowest BCUT2D eigenvalue weighted by atomic mass is 9.86. The Morgan fingerprint density at radius 2 is 1.74 bits per heavy atom. The van der Waals surface area contributed by atoms with Crippen molar-refractivity contribution in [2.75, 3.05) is 12.4 Å². The molecule has 1 aromatic heterocycles. The predicted octanol–water partition coefficient (Wildman–Crippen LogP) is 5.30. The summed E-state index contributed by atoms with van der Waals surface area (Å²) in [5, 5.41) is 5.46. The van der Waals surface area contributed by atoms with E-state index in [2.05, 4.69) is 55.3 Å². The number of amides is 1. The zero-order valence-electron chi connectivity index (χ0n) is 16.1. The molecule has 1 N–H and O–H groups in total. The van der Waals surface area contributed by atoms with E-state index in [9.17, 15) is 4.79 Å². The number of carbonyl (C=O) groups is 1.